The fraction of sp³-hybridized carbons (Fsp3) is 0.462. The fourth-order valence-electron chi connectivity index (χ4n) is 1.45. The maximum absolute atomic E-state index is 11.4. The molecule has 0 spiro atoms. The highest BCUT2D eigenvalue weighted by Gasteiger charge is 2.03. The minimum atomic E-state index is -0.107. The van der Waals surface area contributed by atoms with E-state index in [2.05, 4.69) is 5.48 Å². The van der Waals surface area contributed by atoms with E-state index < -0.39 is 0 Å². The van der Waals surface area contributed by atoms with Crippen molar-refractivity contribution in [2.24, 2.45) is 0 Å². The quantitative estimate of drug-likeness (QED) is 0.579. The molecule has 0 aliphatic heterocycles. The lowest BCUT2D eigenvalue weighted by Crippen LogP contribution is -2.25. The van der Waals surface area contributed by atoms with Gasteiger partial charge in [0.1, 0.15) is 0 Å². The first-order valence-corrected chi connectivity index (χ1v) is 5.68. The molecule has 1 aromatic carbocycles. The molecule has 0 atom stereocenters. The van der Waals surface area contributed by atoms with Crippen LogP contribution in [0.1, 0.15) is 17.5 Å². The van der Waals surface area contributed by atoms with Crippen molar-refractivity contribution >= 4 is 5.91 Å². The third-order valence-electron chi connectivity index (χ3n) is 2.46. The van der Waals surface area contributed by atoms with Crippen LogP contribution < -0.4 is 5.48 Å². The normalized spacial score (nSPS) is 10.2. The molecule has 1 N–H and O–H groups in total. The van der Waals surface area contributed by atoms with Crippen LogP contribution in [0.2, 0.25) is 0 Å². The molecule has 94 valence electrons. The maximum Gasteiger partial charge on any atom is 0.243 e. The van der Waals surface area contributed by atoms with E-state index in [1.165, 1.54) is 11.1 Å². The van der Waals surface area contributed by atoms with Gasteiger partial charge < -0.3 is 4.74 Å². The second-order valence-corrected chi connectivity index (χ2v) is 3.79. The predicted molar refractivity (Wildman–Crippen MR) is 65.5 cm³/mol. The Morgan fingerprint density at radius 3 is 2.76 bits per heavy atom. The summed E-state index contributed by atoms with van der Waals surface area (Å²) >= 11 is 0. The van der Waals surface area contributed by atoms with E-state index in [0.717, 1.165) is 6.42 Å². The highest BCUT2D eigenvalue weighted by molar-refractivity contribution is 5.75. The van der Waals surface area contributed by atoms with E-state index in [4.69, 9.17) is 9.57 Å². The lowest BCUT2D eigenvalue weighted by atomic mass is 10.0. The van der Waals surface area contributed by atoms with Crippen molar-refractivity contribution in [2.75, 3.05) is 20.3 Å². The average Bonchev–Trinajstić information content (AvgIpc) is 2.34. The predicted octanol–water partition coefficient (Wildman–Crippen LogP) is 1.62. The molecule has 0 aliphatic rings. The smallest absolute Gasteiger partial charge is 0.243 e. The van der Waals surface area contributed by atoms with Gasteiger partial charge in [-0.1, -0.05) is 24.3 Å². The van der Waals surface area contributed by atoms with Crippen LogP contribution in [-0.4, -0.2) is 26.2 Å². The van der Waals surface area contributed by atoms with Crippen LogP contribution in [0.15, 0.2) is 24.3 Å². The van der Waals surface area contributed by atoms with E-state index in [1.54, 1.807) is 7.11 Å². The zero-order chi connectivity index (χ0) is 12.5. The number of hydrogen-bond acceptors (Lipinski definition) is 3. The van der Waals surface area contributed by atoms with Crippen molar-refractivity contribution in [3.63, 3.8) is 0 Å². The molecule has 0 radical (unpaired) electrons. The summed E-state index contributed by atoms with van der Waals surface area (Å²) < 4.78 is 4.79. The molecule has 17 heavy (non-hydrogen) atoms. The van der Waals surface area contributed by atoms with Gasteiger partial charge in [-0.05, 0) is 24.5 Å². The number of aryl methyl sites for hydroxylation is 2. The van der Waals surface area contributed by atoms with E-state index in [1.807, 2.05) is 31.2 Å². The van der Waals surface area contributed by atoms with Gasteiger partial charge >= 0.3 is 0 Å². The summed E-state index contributed by atoms with van der Waals surface area (Å²) in [5.74, 6) is -0.107. The van der Waals surface area contributed by atoms with Crippen molar-refractivity contribution in [3.05, 3.63) is 35.4 Å². The van der Waals surface area contributed by atoms with Crippen LogP contribution in [0, 0.1) is 6.92 Å². The van der Waals surface area contributed by atoms with Crippen LogP contribution >= 0.6 is 0 Å². The van der Waals surface area contributed by atoms with Crippen LogP contribution in [0.3, 0.4) is 0 Å². The molecular weight excluding hydrogens is 218 g/mol. The van der Waals surface area contributed by atoms with Crippen LogP contribution in [0.25, 0.3) is 0 Å². The Balaban J connectivity index is 2.22. The van der Waals surface area contributed by atoms with E-state index in [9.17, 15) is 4.79 Å². The average molecular weight is 237 g/mol. The van der Waals surface area contributed by atoms with Crippen molar-refractivity contribution < 1.29 is 14.4 Å². The van der Waals surface area contributed by atoms with Gasteiger partial charge in [-0.2, -0.15) is 0 Å². The maximum atomic E-state index is 11.4. The Morgan fingerprint density at radius 2 is 2.06 bits per heavy atom. The molecular formula is C13H19NO3. The zero-order valence-corrected chi connectivity index (χ0v) is 10.4. The Kier molecular flexibility index (Phi) is 6.29. The number of carbonyl (C=O) groups is 1. The third-order valence-corrected chi connectivity index (χ3v) is 2.46. The van der Waals surface area contributed by atoms with Crippen molar-refractivity contribution in [3.8, 4) is 0 Å². The number of amides is 1. The fourth-order valence-corrected chi connectivity index (χ4v) is 1.45. The monoisotopic (exact) mass is 237 g/mol. The summed E-state index contributed by atoms with van der Waals surface area (Å²) in [6, 6.07) is 8.05. The number of rotatable bonds is 7. The van der Waals surface area contributed by atoms with Crippen LogP contribution in [0.4, 0.5) is 0 Å². The SMILES string of the molecule is COCCONC(=O)CCc1ccccc1C. The third kappa shape index (κ3) is 5.47. The standard InChI is InChI=1S/C13H19NO3/c1-11-5-3-4-6-12(11)7-8-13(15)14-17-10-9-16-2/h3-6H,7-10H2,1-2H3,(H,14,15). The van der Waals surface area contributed by atoms with Gasteiger partial charge in [0.25, 0.3) is 0 Å². The van der Waals surface area contributed by atoms with Gasteiger partial charge in [-0.3, -0.25) is 9.63 Å². The molecule has 1 aromatic rings. The molecule has 4 nitrogen and oxygen atoms in total. The van der Waals surface area contributed by atoms with Gasteiger partial charge in [-0.15, -0.1) is 0 Å². The molecule has 0 aromatic heterocycles. The minimum absolute atomic E-state index is 0.107. The molecule has 0 heterocycles. The first kappa shape index (κ1) is 13.7. The second-order valence-electron chi connectivity index (χ2n) is 3.79. The van der Waals surface area contributed by atoms with E-state index in [-0.39, 0.29) is 5.91 Å². The molecule has 1 amide bonds. The molecule has 0 saturated carbocycles. The topological polar surface area (TPSA) is 47.6 Å². The van der Waals surface area contributed by atoms with Gasteiger partial charge in [-0.25, -0.2) is 5.48 Å². The number of hydroxylamine groups is 1. The van der Waals surface area contributed by atoms with Gasteiger partial charge in [0.05, 0.1) is 13.2 Å². The van der Waals surface area contributed by atoms with Gasteiger partial charge in [0, 0.05) is 13.5 Å². The number of hydrogen-bond donors (Lipinski definition) is 1. The second kappa shape index (κ2) is 7.81. The van der Waals surface area contributed by atoms with E-state index in [0.29, 0.717) is 19.6 Å². The summed E-state index contributed by atoms with van der Waals surface area (Å²) in [5, 5.41) is 0. The molecule has 0 saturated heterocycles. The summed E-state index contributed by atoms with van der Waals surface area (Å²) in [5.41, 5.74) is 4.79. The molecule has 0 fully saturated rings. The Labute approximate surface area is 102 Å². The largest absolute Gasteiger partial charge is 0.382 e. The summed E-state index contributed by atoms with van der Waals surface area (Å²) in [6.07, 6.45) is 1.16. The highest BCUT2D eigenvalue weighted by Crippen LogP contribution is 2.09. The number of benzene rings is 1. The lowest BCUT2D eigenvalue weighted by Gasteiger charge is -2.07. The van der Waals surface area contributed by atoms with Crippen LogP contribution in [0.5, 0.6) is 0 Å². The van der Waals surface area contributed by atoms with Crippen molar-refractivity contribution in [1.29, 1.82) is 0 Å². The summed E-state index contributed by atoms with van der Waals surface area (Å²) in [6.45, 7) is 2.88. The first-order chi connectivity index (χ1) is 8.24. The molecule has 4 heteroatoms. The van der Waals surface area contributed by atoms with E-state index >= 15 is 0 Å². The number of ether oxygens (including phenoxy) is 1. The molecule has 0 unspecified atom stereocenters. The van der Waals surface area contributed by atoms with Gasteiger partial charge in [0.15, 0.2) is 0 Å². The van der Waals surface area contributed by atoms with Crippen molar-refractivity contribution in [2.45, 2.75) is 19.8 Å². The number of carbonyl (C=O) groups excluding carboxylic acids is 1. The zero-order valence-electron chi connectivity index (χ0n) is 10.4. The van der Waals surface area contributed by atoms with Crippen LogP contribution in [-0.2, 0) is 20.8 Å². The summed E-state index contributed by atoms with van der Waals surface area (Å²) in [7, 11) is 1.59. The molecule has 0 bridgehead atoms. The Morgan fingerprint density at radius 1 is 1.29 bits per heavy atom. The molecule has 0 aliphatic carbocycles. The number of nitrogens with one attached hydrogen (secondary N) is 1. The van der Waals surface area contributed by atoms with Crippen molar-refractivity contribution in [1.82, 2.24) is 5.48 Å². The summed E-state index contributed by atoms with van der Waals surface area (Å²) in [4.78, 5) is 16.3. The minimum Gasteiger partial charge on any atom is -0.382 e. The highest BCUT2D eigenvalue weighted by atomic mass is 16.7. The first-order valence-electron chi connectivity index (χ1n) is 5.68. The lowest BCUT2D eigenvalue weighted by molar-refractivity contribution is -0.134. The Hall–Kier alpha value is -1.39. The van der Waals surface area contributed by atoms with Gasteiger partial charge in [0.2, 0.25) is 5.91 Å². The number of methoxy groups -OCH3 is 1. The Bertz CT molecular complexity index is 352. The molecule has 1 rings (SSSR count).